The second kappa shape index (κ2) is 6.88. The maximum Gasteiger partial charge on any atom is 0.327 e. The molecule has 1 saturated heterocycles. The molecule has 0 unspecified atom stereocenters. The van der Waals surface area contributed by atoms with E-state index < -0.39 is 36.1 Å². The number of carboxylic acids is 2. The highest BCUT2D eigenvalue weighted by Gasteiger charge is 2.41. The fourth-order valence-electron chi connectivity index (χ4n) is 1.95. The highest BCUT2D eigenvalue weighted by Crippen LogP contribution is 2.34. The second-order valence-corrected chi connectivity index (χ2v) is 6.23. The Morgan fingerprint density at radius 2 is 2.09 bits per heavy atom. The van der Waals surface area contributed by atoms with Crippen LogP contribution in [0, 0.1) is 5.82 Å². The Bertz CT molecular complexity index is 734. The molecule has 23 heavy (non-hydrogen) atoms. The second-order valence-electron chi connectivity index (χ2n) is 4.56. The van der Waals surface area contributed by atoms with Crippen LogP contribution in [0.4, 0.5) is 4.39 Å². The molecule has 1 heterocycles. The molecule has 1 atom stereocenters. The van der Waals surface area contributed by atoms with Crippen molar-refractivity contribution in [1.82, 2.24) is 4.90 Å². The van der Waals surface area contributed by atoms with Crippen LogP contribution in [0.2, 0.25) is 0 Å². The van der Waals surface area contributed by atoms with Crippen LogP contribution in [0.1, 0.15) is 12.0 Å². The van der Waals surface area contributed by atoms with Gasteiger partial charge in [0.25, 0.3) is 5.91 Å². The number of carbonyl (C=O) groups excluding carboxylic acids is 1. The molecule has 0 aliphatic carbocycles. The minimum absolute atomic E-state index is 0.0497. The minimum Gasteiger partial charge on any atom is -0.481 e. The fraction of sp³-hybridized carbons (Fsp3) is 0.143. The number of halogens is 1. The van der Waals surface area contributed by atoms with E-state index in [0.717, 1.165) is 16.7 Å². The van der Waals surface area contributed by atoms with Crippen molar-refractivity contribution in [3.63, 3.8) is 0 Å². The quantitative estimate of drug-likeness (QED) is 0.616. The number of thiocarbonyl (C=S) groups is 1. The van der Waals surface area contributed by atoms with Crippen LogP contribution >= 0.6 is 24.0 Å². The number of hydrogen-bond donors (Lipinski definition) is 2. The summed E-state index contributed by atoms with van der Waals surface area (Å²) in [7, 11) is 0. The molecule has 1 aliphatic rings. The van der Waals surface area contributed by atoms with Crippen LogP contribution in [-0.4, -0.2) is 43.3 Å². The normalized spacial score (nSPS) is 17.6. The van der Waals surface area contributed by atoms with Crippen molar-refractivity contribution < 1.29 is 29.0 Å². The Hall–Kier alpha value is -2.26. The Kier molecular flexibility index (Phi) is 5.12. The van der Waals surface area contributed by atoms with Gasteiger partial charge in [-0.3, -0.25) is 14.5 Å². The molecule has 0 bridgehead atoms. The summed E-state index contributed by atoms with van der Waals surface area (Å²) in [5, 5.41) is 17.9. The van der Waals surface area contributed by atoms with Crippen LogP contribution in [0.15, 0.2) is 29.2 Å². The standard InChI is InChI=1S/C14H10FNO5S2/c15-8-3-1-2-7(4-8)5-10-12(19)16(14(22)23-10)9(13(20)21)6-11(17)18/h1-5,9H,6H2,(H,17,18)(H,20,21)/b10-5-/t9-/m0/s1. The molecule has 1 amide bonds. The van der Waals surface area contributed by atoms with Crippen molar-refractivity contribution in [3.8, 4) is 0 Å². The molecule has 1 aliphatic heterocycles. The first-order chi connectivity index (χ1) is 10.8. The molecule has 0 radical (unpaired) electrons. The van der Waals surface area contributed by atoms with Crippen LogP contribution in [0.5, 0.6) is 0 Å². The molecule has 120 valence electrons. The molecule has 2 rings (SSSR count). The largest absolute Gasteiger partial charge is 0.481 e. The van der Waals surface area contributed by atoms with Gasteiger partial charge in [-0.1, -0.05) is 36.1 Å². The number of carbonyl (C=O) groups is 3. The zero-order chi connectivity index (χ0) is 17.1. The molecule has 1 aromatic carbocycles. The summed E-state index contributed by atoms with van der Waals surface area (Å²) in [5.74, 6) is -4.02. The highest BCUT2D eigenvalue weighted by atomic mass is 32.2. The van der Waals surface area contributed by atoms with E-state index in [2.05, 4.69) is 0 Å². The van der Waals surface area contributed by atoms with Gasteiger partial charge in [0.2, 0.25) is 0 Å². The molecular weight excluding hydrogens is 345 g/mol. The molecule has 1 aromatic rings. The van der Waals surface area contributed by atoms with Gasteiger partial charge in [-0.05, 0) is 23.8 Å². The van der Waals surface area contributed by atoms with Gasteiger partial charge in [-0.25, -0.2) is 9.18 Å². The predicted octanol–water partition coefficient (Wildman–Crippen LogP) is 1.95. The Balaban J connectivity index is 2.32. The maximum absolute atomic E-state index is 13.2. The smallest absolute Gasteiger partial charge is 0.327 e. The molecular formula is C14H10FNO5S2. The molecule has 0 aromatic heterocycles. The van der Waals surface area contributed by atoms with E-state index in [9.17, 15) is 18.8 Å². The van der Waals surface area contributed by atoms with Gasteiger partial charge in [-0.15, -0.1) is 0 Å². The predicted molar refractivity (Wildman–Crippen MR) is 85.1 cm³/mol. The van der Waals surface area contributed by atoms with Crippen molar-refractivity contribution in [3.05, 3.63) is 40.6 Å². The SMILES string of the molecule is O=C(O)C[C@@H](C(=O)O)N1C(=O)/C(=C/c2cccc(F)c2)SC1=S. The summed E-state index contributed by atoms with van der Waals surface area (Å²) in [4.78, 5) is 35.2. The van der Waals surface area contributed by atoms with Gasteiger partial charge in [0.15, 0.2) is 0 Å². The van der Waals surface area contributed by atoms with Gasteiger partial charge in [0, 0.05) is 0 Å². The van der Waals surface area contributed by atoms with E-state index in [-0.39, 0.29) is 9.23 Å². The van der Waals surface area contributed by atoms with Crippen molar-refractivity contribution >= 4 is 52.2 Å². The number of benzene rings is 1. The first-order valence-electron chi connectivity index (χ1n) is 6.27. The molecule has 0 saturated carbocycles. The van der Waals surface area contributed by atoms with Gasteiger partial charge >= 0.3 is 11.9 Å². The van der Waals surface area contributed by atoms with Crippen molar-refractivity contribution in [2.24, 2.45) is 0 Å². The van der Waals surface area contributed by atoms with Crippen molar-refractivity contribution in [1.29, 1.82) is 0 Å². The van der Waals surface area contributed by atoms with E-state index in [1.165, 1.54) is 24.3 Å². The topological polar surface area (TPSA) is 94.9 Å². The van der Waals surface area contributed by atoms with Gasteiger partial charge in [0.1, 0.15) is 16.2 Å². The Labute approximate surface area is 139 Å². The van der Waals surface area contributed by atoms with Crippen molar-refractivity contribution in [2.45, 2.75) is 12.5 Å². The molecule has 6 nitrogen and oxygen atoms in total. The number of nitrogens with zero attached hydrogens (tertiary/aromatic N) is 1. The van der Waals surface area contributed by atoms with Gasteiger partial charge < -0.3 is 10.2 Å². The third-order valence-corrected chi connectivity index (χ3v) is 4.27. The van der Waals surface area contributed by atoms with E-state index in [4.69, 9.17) is 22.4 Å². The summed E-state index contributed by atoms with van der Waals surface area (Å²) in [6.07, 6.45) is 0.608. The van der Waals surface area contributed by atoms with Crippen LogP contribution < -0.4 is 0 Å². The monoisotopic (exact) mass is 355 g/mol. The minimum atomic E-state index is -1.58. The molecule has 1 fully saturated rings. The van der Waals surface area contributed by atoms with Gasteiger partial charge in [-0.2, -0.15) is 0 Å². The van der Waals surface area contributed by atoms with Crippen LogP contribution in [-0.2, 0) is 14.4 Å². The van der Waals surface area contributed by atoms with Gasteiger partial charge in [0.05, 0.1) is 11.3 Å². The van der Waals surface area contributed by atoms with E-state index in [1.807, 2.05) is 0 Å². The van der Waals surface area contributed by atoms with E-state index in [1.54, 1.807) is 6.07 Å². The Morgan fingerprint density at radius 3 is 2.65 bits per heavy atom. The zero-order valence-electron chi connectivity index (χ0n) is 11.4. The number of thioether (sulfide) groups is 1. The lowest BCUT2D eigenvalue weighted by Gasteiger charge is -2.21. The van der Waals surface area contributed by atoms with Crippen LogP contribution in [0.3, 0.4) is 0 Å². The summed E-state index contributed by atoms with van der Waals surface area (Å²) in [5.41, 5.74) is 0.413. The summed E-state index contributed by atoms with van der Waals surface area (Å²) in [6, 6.07) is 3.90. The first-order valence-corrected chi connectivity index (χ1v) is 7.49. The number of hydrogen-bond acceptors (Lipinski definition) is 5. The van der Waals surface area contributed by atoms with Crippen LogP contribution in [0.25, 0.3) is 6.08 Å². The third-order valence-electron chi connectivity index (χ3n) is 2.93. The zero-order valence-corrected chi connectivity index (χ0v) is 13.1. The summed E-state index contributed by atoms with van der Waals surface area (Å²) in [6.45, 7) is 0. The lowest BCUT2D eigenvalue weighted by molar-refractivity contribution is -0.150. The fourth-order valence-corrected chi connectivity index (χ4v) is 3.31. The van der Waals surface area contributed by atoms with E-state index >= 15 is 0 Å². The Morgan fingerprint density at radius 1 is 1.39 bits per heavy atom. The molecule has 2 N–H and O–H groups in total. The number of amides is 1. The number of rotatable bonds is 5. The number of aliphatic carboxylic acids is 2. The lowest BCUT2D eigenvalue weighted by Crippen LogP contribution is -2.45. The summed E-state index contributed by atoms with van der Waals surface area (Å²) < 4.78 is 13.1. The summed E-state index contributed by atoms with van der Waals surface area (Å²) >= 11 is 5.83. The number of carboxylic acid groups (broad SMARTS) is 2. The third kappa shape index (κ3) is 3.93. The molecule has 0 spiro atoms. The molecule has 9 heteroatoms. The lowest BCUT2D eigenvalue weighted by atomic mass is 10.1. The maximum atomic E-state index is 13.2. The van der Waals surface area contributed by atoms with Crippen molar-refractivity contribution in [2.75, 3.05) is 0 Å². The average molecular weight is 355 g/mol. The average Bonchev–Trinajstić information content (AvgIpc) is 2.71. The first kappa shape index (κ1) is 17.1. The highest BCUT2D eigenvalue weighted by molar-refractivity contribution is 8.26. The van der Waals surface area contributed by atoms with E-state index in [0.29, 0.717) is 5.56 Å².